The zero-order valence-corrected chi connectivity index (χ0v) is 15.5. The van der Waals surface area contributed by atoms with Gasteiger partial charge in [0.05, 0.1) is 18.1 Å². The van der Waals surface area contributed by atoms with Crippen molar-refractivity contribution in [3.05, 3.63) is 64.1 Å². The first kappa shape index (κ1) is 19.0. The maximum Gasteiger partial charge on any atom is 0.313 e. The van der Waals surface area contributed by atoms with E-state index in [1.807, 2.05) is 6.92 Å². The number of rotatable bonds is 6. The number of esters is 1. The van der Waals surface area contributed by atoms with Gasteiger partial charge in [0, 0.05) is 23.6 Å². The summed E-state index contributed by atoms with van der Waals surface area (Å²) in [5.41, 5.74) is 0.0775. The number of ether oxygens (including phenoxy) is 2. The lowest BCUT2D eigenvalue weighted by molar-refractivity contribution is -0.158. The largest absolute Gasteiger partial charge is 0.494 e. The molecular formula is C20H24N2O5. The van der Waals surface area contributed by atoms with Crippen LogP contribution in [0.2, 0.25) is 0 Å². The monoisotopic (exact) mass is 372 g/mol. The van der Waals surface area contributed by atoms with Gasteiger partial charge in [0.2, 0.25) is 0 Å². The van der Waals surface area contributed by atoms with Gasteiger partial charge in [-0.2, -0.15) is 0 Å². The van der Waals surface area contributed by atoms with Gasteiger partial charge in [-0.1, -0.05) is 24.8 Å². The van der Waals surface area contributed by atoms with E-state index in [2.05, 4.69) is 16.8 Å². The Kier molecular flexibility index (Phi) is 5.23. The predicted molar refractivity (Wildman–Crippen MR) is 99.8 cm³/mol. The number of carbonyl (C=O) groups excluding carboxylic acids is 1. The van der Waals surface area contributed by atoms with Gasteiger partial charge in [0.1, 0.15) is 12.4 Å². The van der Waals surface area contributed by atoms with Gasteiger partial charge in [-0.25, -0.2) is 0 Å². The van der Waals surface area contributed by atoms with Crippen LogP contribution in [0.25, 0.3) is 0 Å². The molecule has 0 fully saturated rings. The Balaban J connectivity index is 2.11. The third-order valence-corrected chi connectivity index (χ3v) is 4.89. The Bertz CT molecular complexity index is 879. The van der Waals surface area contributed by atoms with Crippen molar-refractivity contribution in [3.63, 3.8) is 0 Å². The average Bonchev–Trinajstić information content (AvgIpc) is 2.98. The quantitative estimate of drug-likeness (QED) is 0.531. The van der Waals surface area contributed by atoms with E-state index in [1.165, 1.54) is 6.08 Å². The predicted octanol–water partition coefficient (Wildman–Crippen LogP) is 1.89. The Morgan fingerprint density at radius 1 is 1.37 bits per heavy atom. The first-order valence-electron chi connectivity index (χ1n) is 8.91. The fraction of sp³-hybridized carbons (Fsp3) is 0.400. The van der Waals surface area contributed by atoms with Crippen molar-refractivity contribution in [1.82, 2.24) is 10.2 Å². The van der Waals surface area contributed by atoms with E-state index in [9.17, 15) is 14.7 Å². The highest BCUT2D eigenvalue weighted by Gasteiger charge is 2.51. The van der Waals surface area contributed by atoms with Gasteiger partial charge in [-0.15, -0.1) is 0 Å². The number of hydrogen-bond acceptors (Lipinski definition) is 5. The van der Waals surface area contributed by atoms with Gasteiger partial charge < -0.3 is 19.7 Å². The lowest BCUT2D eigenvalue weighted by atomic mass is 9.66. The van der Waals surface area contributed by atoms with Crippen LogP contribution in [0.4, 0.5) is 0 Å². The topological polar surface area (TPSA) is 104 Å². The van der Waals surface area contributed by atoms with E-state index in [0.717, 1.165) is 5.56 Å². The van der Waals surface area contributed by atoms with Gasteiger partial charge in [-0.05, 0) is 31.5 Å². The molecule has 0 amide bonds. The fourth-order valence-electron chi connectivity index (χ4n) is 3.78. The minimum Gasteiger partial charge on any atom is -0.494 e. The standard InChI is InChI=1S/C20H24N2O5/c1-4-10-27-19(24)17-15(12-6-8-13(9-7-12)26-5-2)16-14(11-20(17,3)25)21-22-18(16)23/h4,6-9,15,17,25H,1,5,10-11H2,2-3H3,(H2,21,22,23)/t15-,17-,20-/m0/s1. The molecule has 144 valence electrons. The summed E-state index contributed by atoms with van der Waals surface area (Å²) in [6, 6.07) is 7.19. The molecule has 7 heteroatoms. The summed E-state index contributed by atoms with van der Waals surface area (Å²) in [4.78, 5) is 25.2. The van der Waals surface area contributed by atoms with E-state index in [0.29, 0.717) is 23.6 Å². The van der Waals surface area contributed by atoms with Crippen molar-refractivity contribution in [1.29, 1.82) is 0 Å². The number of aromatic nitrogens is 2. The van der Waals surface area contributed by atoms with Crippen LogP contribution < -0.4 is 10.3 Å². The maximum absolute atomic E-state index is 12.8. The highest BCUT2D eigenvalue weighted by molar-refractivity contribution is 5.77. The number of fused-ring (bicyclic) bond motifs is 1. The molecule has 0 bridgehead atoms. The molecule has 0 saturated carbocycles. The maximum atomic E-state index is 12.8. The summed E-state index contributed by atoms with van der Waals surface area (Å²) in [5.74, 6) is -1.45. The summed E-state index contributed by atoms with van der Waals surface area (Å²) in [5, 5.41) is 16.4. The van der Waals surface area contributed by atoms with E-state index in [4.69, 9.17) is 9.47 Å². The number of H-pyrrole nitrogens is 2. The van der Waals surface area contributed by atoms with Crippen LogP contribution in [0.1, 0.15) is 36.6 Å². The SMILES string of the molecule is C=CCOC(=O)[C@@H]1[C@@H](c2ccc(OCC)cc2)c2c([nH][nH]c2=O)C[C@]1(C)O. The van der Waals surface area contributed by atoms with Crippen molar-refractivity contribution in [2.45, 2.75) is 31.8 Å². The normalized spacial score (nSPS) is 24.1. The fourth-order valence-corrected chi connectivity index (χ4v) is 3.78. The second-order valence-corrected chi connectivity index (χ2v) is 6.88. The van der Waals surface area contributed by atoms with E-state index >= 15 is 0 Å². The van der Waals surface area contributed by atoms with Gasteiger partial charge in [0.15, 0.2) is 0 Å². The number of hydrogen-bond donors (Lipinski definition) is 3. The van der Waals surface area contributed by atoms with Crippen molar-refractivity contribution in [2.24, 2.45) is 5.92 Å². The summed E-state index contributed by atoms with van der Waals surface area (Å²) in [6.07, 6.45) is 1.61. The molecule has 1 aromatic heterocycles. The lowest BCUT2D eigenvalue weighted by Gasteiger charge is -2.40. The van der Waals surface area contributed by atoms with Gasteiger partial charge in [-0.3, -0.25) is 14.7 Å². The van der Waals surface area contributed by atoms with Crippen molar-refractivity contribution >= 4 is 5.97 Å². The molecule has 1 heterocycles. The van der Waals surface area contributed by atoms with Crippen LogP contribution >= 0.6 is 0 Å². The lowest BCUT2D eigenvalue weighted by Crippen LogP contribution is -2.50. The first-order chi connectivity index (χ1) is 12.9. The summed E-state index contributed by atoms with van der Waals surface area (Å²) >= 11 is 0. The highest BCUT2D eigenvalue weighted by Crippen LogP contribution is 2.44. The van der Waals surface area contributed by atoms with Crippen molar-refractivity contribution in [3.8, 4) is 5.75 Å². The molecular weight excluding hydrogens is 348 g/mol. The Labute approximate surface area is 157 Å². The molecule has 3 rings (SSSR count). The molecule has 2 aromatic rings. The first-order valence-corrected chi connectivity index (χ1v) is 8.91. The molecule has 1 aliphatic carbocycles. The number of benzene rings is 1. The van der Waals surface area contributed by atoms with Crippen molar-refractivity contribution in [2.75, 3.05) is 13.2 Å². The summed E-state index contributed by atoms with van der Waals surface area (Å²) < 4.78 is 10.7. The van der Waals surface area contributed by atoms with E-state index in [-0.39, 0.29) is 18.6 Å². The molecule has 1 aliphatic rings. The Morgan fingerprint density at radius 2 is 2.07 bits per heavy atom. The molecule has 27 heavy (non-hydrogen) atoms. The molecule has 0 radical (unpaired) electrons. The number of aromatic amines is 2. The second-order valence-electron chi connectivity index (χ2n) is 6.88. The Hall–Kier alpha value is -2.80. The van der Waals surface area contributed by atoms with Crippen LogP contribution in [0.5, 0.6) is 5.75 Å². The highest BCUT2D eigenvalue weighted by atomic mass is 16.5. The van der Waals surface area contributed by atoms with Crippen LogP contribution in [0, 0.1) is 5.92 Å². The van der Waals surface area contributed by atoms with Gasteiger partial charge in [0.25, 0.3) is 5.56 Å². The third-order valence-electron chi connectivity index (χ3n) is 4.89. The number of aliphatic hydroxyl groups is 1. The molecule has 1 aromatic carbocycles. The molecule has 7 nitrogen and oxygen atoms in total. The van der Waals surface area contributed by atoms with Crippen molar-refractivity contribution < 1.29 is 19.4 Å². The number of nitrogens with one attached hydrogen (secondary N) is 2. The molecule has 0 saturated heterocycles. The molecule has 0 unspecified atom stereocenters. The van der Waals surface area contributed by atoms with E-state index in [1.54, 1.807) is 31.2 Å². The average molecular weight is 372 g/mol. The minimum absolute atomic E-state index is 0.0394. The molecule has 0 spiro atoms. The second kappa shape index (κ2) is 7.44. The van der Waals surface area contributed by atoms with Crippen LogP contribution in [-0.4, -0.2) is 40.1 Å². The zero-order valence-electron chi connectivity index (χ0n) is 15.5. The van der Waals surface area contributed by atoms with Gasteiger partial charge >= 0.3 is 5.97 Å². The Morgan fingerprint density at radius 3 is 2.70 bits per heavy atom. The van der Waals surface area contributed by atoms with Crippen LogP contribution in [0.15, 0.2) is 41.7 Å². The summed E-state index contributed by atoms with van der Waals surface area (Å²) in [7, 11) is 0. The number of carbonyl (C=O) groups is 1. The minimum atomic E-state index is -1.39. The van der Waals surface area contributed by atoms with E-state index < -0.39 is 23.4 Å². The molecule has 3 atom stereocenters. The third kappa shape index (κ3) is 3.55. The zero-order chi connectivity index (χ0) is 19.6. The molecule has 0 aliphatic heterocycles. The summed E-state index contributed by atoms with van der Waals surface area (Å²) in [6.45, 7) is 7.60. The smallest absolute Gasteiger partial charge is 0.313 e. The van der Waals surface area contributed by atoms with Crippen LogP contribution in [-0.2, 0) is 16.0 Å². The molecule has 3 N–H and O–H groups in total. The van der Waals surface area contributed by atoms with Crippen LogP contribution in [0.3, 0.4) is 0 Å².